The SMILES string of the molecule is CN(C)CCC[S+]([O-])N1Cc2cc(-c3ccccc3)ccc2N(Cc2c[nH]cn2)C[C@H]1Cc1ccccc1. The Morgan fingerprint density at radius 3 is 2.47 bits per heavy atom. The normalized spacial score (nSPS) is 16.8. The second kappa shape index (κ2) is 12.6. The summed E-state index contributed by atoms with van der Waals surface area (Å²) in [7, 11) is 4.14. The van der Waals surface area contributed by atoms with Gasteiger partial charge in [0.15, 0.2) is 0 Å². The molecule has 1 aromatic heterocycles. The highest BCUT2D eigenvalue weighted by Crippen LogP contribution is 2.34. The first-order valence-corrected chi connectivity index (χ1v) is 14.6. The van der Waals surface area contributed by atoms with Gasteiger partial charge in [0.25, 0.3) is 0 Å². The van der Waals surface area contributed by atoms with Crippen LogP contribution in [0.1, 0.15) is 23.2 Å². The van der Waals surface area contributed by atoms with Crippen LogP contribution in [0.15, 0.2) is 91.4 Å². The third-order valence-electron chi connectivity index (χ3n) is 7.10. The third-order valence-corrected chi connectivity index (χ3v) is 8.69. The predicted octanol–water partition coefficient (Wildman–Crippen LogP) is 5.13. The molecule has 38 heavy (non-hydrogen) atoms. The zero-order valence-electron chi connectivity index (χ0n) is 22.3. The molecule has 1 aliphatic rings. The Hall–Kier alpha value is -3.10. The highest BCUT2D eigenvalue weighted by molar-refractivity contribution is 7.89. The van der Waals surface area contributed by atoms with E-state index in [1.165, 1.54) is 27.9 Å². The number of benzene rings is 3. The monoisotopic (exact) mass is 527 g/mol. The average Bonchev–Trinajstić information content (AvgIpc) is 3.39. The van der Waals surface area contributed by atoms with E-state index in [2.05, 4.69) is 111 Å². The topological polar surface area (TPSA) is 61.5 Å². The molecule has 0 bridgehead atoms. The van der Waals surface area contributed by atoms with E-state index in [4.69, 9.17) is 0 Å². The van der Waals surface area contributed by atoms with E-state index in [1.54, 1.807) is 6.33 Å². The van der Waals surface area contributed by atoms with Gasteiger partial charge in [0.2, 0.25) is 0 Å². The zero-order valence-corrected chi connectivity index (χ0v) is 23.1. The summed E-state index contributed by atoms with van der Waals surface area (Å²) in [6.45, 7) is 3.06. The van der Waals surface area contributed by atoms with Crippen LogP contribution in [0.2, 0.25) is 0 Å². The highest BCUT2D eigenvalue weighted by Gasteiger charge is 2.35. The van der Waals surface area contributed by atoms with Crippen molar-refractivity contribution in [3.05, 3.63) is 108 Å². The maximum atomic E-state index is 13.9. The van der Waals surface area contributed by atoms with Crippen LogP contribution in [0.25, 0.3) is 11.1 Å². The Morgan fingerprint density at radius 2 is 1.76 bits per heavy atom. The molecule has 2 heterocycles. The molecule has 0 aliphatic carbocycles. The van der Waals surface area contributed by atoms with Crippen molar-refractivity contribution in [2.45, 2.75) is 32.0 Å². The number of fused-ring (bicyclic) bond motifs is 1. The fourth-order valence-electron chi connectivity index (χ4n) is 5.21. The summed E-state index contributed by atoms with van der Waals surface area (Å²) in [6.07, 6.45) is 5.45. The maximum absolute atomic E-state index is 13.9. The summed E-state index contributed by atoms with van der Waals surface area (Å²) in [5, 5.41) is 0. The lowest BCUT2D eigenvalue weighted by atomic mass is 10.0. The molecule has 0 spiro atoms. The molecule has 6 nitrogen and oxygen atoms in total. The molecule has 4 aromatic rings. The van der Waals surface area contributed by atoms with Crippen LogP contribution in [0.5, 0.6) is 0 Å². The highest BCUT2D eigenvalue weighted by atomic mass is 32.2. The van der Waals surface area contributed by atoms with Gasteiger partial charge in [-0.25, -0.2) is 4.98 Å². The number of nitrogens with zero attached hydrogens (tertiary/aromatic N) is 4. The number of rotatable bonds is 10. The Morgan fingerprint density at radius 1 is 1.00 bits per heavy atom. The largest absolute Gasteiger partial charge is 0.598 e. The van der Waals surface area contributed by atoms with Gasteiger partial charge in [-0.1, -0.05) is 66.7 Å². The first-order chi connectivity index (χ1) is 18.6. The molecular formula is C31H37N5OS. The van der Waals surface area contributed by atoms with Crippen molar-refractivity contribution in [2.75, 3.05) is 37.8 Å². The van der Waals surface area contributed by atoms with Crippen molar-refractivity contribution >= 4 is 17.0 Å². The van der Waals surface area contributed by atoms with Gasteiger partial charge in [0.1, 0.15) is 5.75 Å². The molecule has 0 saturated heterocycles. The second-order valence-corrected chi connectivity index (χ2v) is 11.8. The first-order valence-electron chi connectivity index (χ1n) is 13.3. The summed E-state index contributed by atoms with van der Waals surface area (Å²) >= 11 is -1.09. The zero-order chi connectivity index (χ0) is 26.3. The molecule has 0 fully saturated rings. The lowest BCUT2D eigenvalue weighted by Gasteiger charge is -2.32. The summed E-state index contributed by atoms with van der Waals surface area (Å²) in [4.78, 5) is 12.2. The number of anilines is 1. The van der Waals surface area contributed by atoms with Crippen LogP contribution in [0.4, 0.5) is 5.69 Å². The van der Waals surface area contributed by atoms with Crippen LogP contribution >= 0.6 is 0 Å². The maximum Gasteiger partial charge on any atom is 0.127 e. The summed E-state index contributed by atoms with van der Waals surface area (Å²) in [6, 6.07) is 27.9. The minimum absolute atomic E-state index is 0.101. The fraction of sp³-hybridized carbons (Fsp3) is 0.323. The summed E-state index contributed by atoms with van der Waals surface area (Å²) in [5.74, 6) is 0.663. The van der Waals surface area contributed by atoms with Crippen molar-refractivity contribution in [3.8, 4) is 11.1 Å². The van der Waals surface area contributed by atoms with Gasteiger partial charge in [0, 0.05) is 42.8 Å². The van der Waals surface area contributed by atoms with Gasteiger partial charge in [-0.3, -0.25) is 0 Å². The lowest BCUT2D eigenvalue weighted by Crippen LogP contribution is -2.46. The number of aromatic amines is 1. The Balaban J connectivity index is 1.52. The van der Waals surface area contributed by atoms with Gasteiger partial charge >= 0.3 is 0 Å². The van der Waals surface area contributed by atoms with E-state index in [0.717, 1.165) is 31.6 Å². The Labute approximate surface area is 229 Å². The van der Waals surface area contributed by atoms with Crippen molar-refractivity contribution in [1.82, 2.24) is 19.2 Å². The van der Waals surface area contributed by atoms with E-state index >= 15 is 0 Å². The van der Waals surface area contributed by atoms with E-state index in [1.807, 2.05) is 12.3 Å². The van der Waals surface area contributed by atoms with Crippen LogP contribution < -0.4 is 4.90 Å². The standard InChI is InChI=1S/C31H37N5OS/c1-34(2)16-9-17-38(37)36-21-28-19-27(26-12-7-4-8-13-26)14-15-31(28)35(22-29-20-32-24-33-29)23-30(36)18-25-10-5-3-6-11-25/h3-8,10-15,19-20,24,30H,9,16-18,21-23H2,1-2H3,(H,32,33)/t30-,38?/m1/s1. The number of imidazole rings is 1. The predicted molar refractivity (Wildman–Crippen MR) is 157 cm³/mol. The number of H-pyrrole nitrogens is 1. The smallest absolute Gasteiger partial charge is 0.127 e. The molecule has 0 saturated carbocycles. The van der Waals surface area contributed by atoms with Crippen LogP contribution in [-0.2, 0) is 30.9 Å². The molecular weight excluding hydrogens is 490 g/mol. The third kappa shape index (κ3) is 6.66. The Bertz CT molecular complexity index is 1270. The summed E-state index contributed by atoms with van der Waals surface area (Å²) < 4.78 is 16.2. The lowest BCUT2D eigenvalue weighted by molar-refractivity contribution is 0.316. The van der Waals surface area contributed by atoms with Crippen LogP contribution in [-0.4, -0.2) is 62.7 Å². The molecule has 0 amide bonds. The van der Waals surface area contributed by atoms with Crippen molar-refractivity contribution in [2.24, 2.45) is 0 Å². The van der Waals surface area contributed by atoms with Gasteiger partial charge < -0.3 is 19.3 Å². The molecule has 1 unspecified atom stereocenters. The number of hydrogen-bond acceptors (Lipinski definition) is 5. The molecule has 7 heteroatoms. The number of nitrogens with one attached hydrogen (secondary N) is 1. The van der Waals surface area contributed by atoms with Crippen LogP contribution in [0.3, 0.4) is 0 Å². The first kappa shape index (κ1) is 26.5. The fourth-order valence-corrected chi connectivity index (χ4v) is 6.57. The summed E-state index contributed by atoms with van der Waals surface area (Å²) in [5.41, 5.74) is 7.05. The minimum Gasteiger partial charge on any atom is -0.598 e. The van der Waals surface area contributed by atoms with E-state index in [-0.39, 0.29) is 6.04 Å². The molecule has 1 aliphatic heterocycles. The second-order valence-electron chi connectivity index (χ2n) is 10.3. The minimum atomic E-state index is -1.09. The van der Waals surface area contributed by atoms with Crippen molar-refractivity contribution in [3.63, 3.8) is 0 Å². The van der Waals surface area contributed by atoms with Crippen molar-refractivity contribution in [1.29, 1.82) is 0 Å². The van der Waals surface area contributed by atoms with Gasteiger partial charge in [0.05, 0.1) is 31.2 Å². The molecule has 1 N–H and O–H groups in total. The number of aromatic nitrogens is 2. The van der Waals surface area contributed by atoms with E-state index in [0.29, 0.717) is 18.8 Å². The van der Waals surface area contributed by atoms with Crippen molar-refractivity contribution < 1.29 is 4.55 Å². The van der Waals surface area contributed by atoms with Gasteiger partial charge in [-0.05, 0) is 54.9 Å². The van der Waals surface area contributed by atoms with E-state index in [9.17, 15) is 4.55 Å². The molecule has 198 valence electrons. The van der Waals surface area contributed by atoms with E-state index < -0.39 is 11.4 Å². The average molecular weight is 528 g/mol. The van der Waals surface area contributed by atoms with Gasteiger partial charge in [-0.15, -0.1) is 4.31 Å². The van der Waals surface area contributed by atoms with Crippen LogP contribution in [0, 0.1) is 0 Å². The Kier molecular flexibility index (Phi) is 8.81. The molecule has 3 aromatic carbocycles. The molecule has 0 radical (unpaired) electrons. The molecule has 2 atom stereocenters. The molecule has 5 rings (SSSR count). The van der Waals surface area contributed by atoms with Gasteiger partial charge in [-0.2, -0.15) is 0 Å². The quantitative estimate of drug-likeness (QED) is 0.290. The number of hydrogen-bond donors (Lipinski definition) is 1.